The summed E-state index contributed by atoms with van der Waals surface area (Å²) < 4.78 is 0. The summed E-state index contributed by atoms with van der Waals surface area (Å²) >= 11 is 0. The number of rotatable bonds is 4. The third-order valence-corrected chi connectivity index (χ3v) is 5.04. The number of likely N-dealkylation sites (tertiary alicyclic amines) is 2. The lowest BCUT2D eigenvalue weighted by atomic mass is 9.89. The van der Waals surface area contributed by atoms with Crippen LogP contribution < -0.4 is 5.32 Å². The molecule has 3 nitrogen and oxygen atoms in total. The molecule has 1 N–H and O–H groups in total. The van der Waals surface area contributed by atoms with Crippen molar-refractivity contribution in [3.8, 4) is 0 Å². The van der Waals surface area contributed by atoms with Gasteiger partial charge in [0.15, 0.2) is 0 Å². The number of piperidine rings is 2. The zero-order chi connectivity index (χ0) is 13.0. The smallest absolute Gasteiger partial charge is 0.00680 e. The highest BCUT2D eigenvalue weighted by Crippen LogP contribution is 2.21. The summed E-state index contributed by atoms with van der Waals surface area (Å²) in [5.74, 6) is 1.81. The van der Waals surface area contributed by atoms with Crippen LogP contribution in [0, 0.1) is 11.8 Å². The predicted molar refractivity (Wildman–Crippen MR) is 77.9 cm³/mol. The molecule has 2 aliphatic rings. The van der Waals surface area contributed by atoms with E-state index < -0.39 is 0 Å². The minimum atomic E-state index is 0.707. The van der Waals surface area contributed by atoms with Crippen LogP contribution in [0.4, 0.5) is 0 Å². The summed E-state index contributed by atoms with van der Waals surface area (Å²) in [4.78, 5) is 4.91. The van der Waals surface area contributed by atoms with E-state index in [2.05, 4.69) is 36.1 Å². The molecule has 3 heteroatoms. The summed E-state index contributed by atoms with van der Waals surface area (Å²) in [6, 6.07) is 0.707. The van der Waals surface area contributed by atoms with Crippen molar-refractivity contribution >= 4 is 0 Å². The maximum absolute atomic E-state index is 3.81. The summed E-state index contributed by atoms with van der Waals surface area (Å²) in [6.07, 6.45) is 5.50. The molecule has 106 valence electrons. The van der Waals surface area contributed by atoms with E-state index in [0.717, 1.165) is 11.8 Å². The fourth-order valence-corrected chi connectivity index (χ4v) is 3.31. The van der Waals surface area contributed by atoms with E-state index >= 15 is 0 Å². The van der Waals surface area contributed by atoms with Crippen LogP contribution >= 0.6 is 0 Å². The van der Waals surface area contributed by atoms with E-state index in [-0.39, 0.29) is 0 Å². The first-order chi connectivity index (χ1) is 8.65. The second-order valence-corrected chi connectivity index (χ2v) is 6.58. The van der Waals surface area contributed by atoms with Gasteiger partial charge in [0.25, 0.3) is 0 Å². The first kappa shape index (κ1) is 14.3. The van der Waals surface area contributed by atoms with Crippen molar-refractivity contribution in [2.45, 2.75) is 38.6 Å². The standard InChI is InChI=1S/C15H31N3/c1-13(15-6-10-18(3)11-7-15)16-12-14-4-8-17(2)9-5-14/h13-16H,4-12H2,1-3H3. The lowest BCUT2D eigenvalue weighted by Gasteiger charge is -2.35. The average Bonchev–Trinajstić information content (AvgIpc) is 2.38. The Morgan fingerprint density at radius 3 is 2.00 bits per heavy atom. The second kappa shape index (κ2) is 6.88. The summed E-state index contributed by atoms with van der Waals surface area (Å²) in [5, 5.41) is 3.81. The number of hydrogen-bond donors (Lipinski definition) is 1. The van der Waals surface area contributed by atoms with Gasteiger partial charge in [-0.15, -0.1) is 0 Å². The monoisotopic (exact) mass is 253 g/mol. The van der Waals surface area contributed by atoms with Crippen molar-refractivity contribution < 1.29 is 0 Å². The highest BCUT2D eigenvalue weighted by molar-refractivity contribution is 4.80. The molecular weight excluding hydrogens is 222 g/mol. The third-order valence-electron chi connectivity index (χ3n) is 5.04. The molecule has 0 bridgehead atoms. The Morgan fingerprint density at radius 2 is 1.44 bits per heavy atom. The summed E-state index contributed by atoms with van der Waals surface area (Å²) in [5.41, 5.74) is 0. The first-order valence-electron chi connectivity index (χ1n) is 7.75. The molecule has 2 rings (SSSR count). The molecule has 0 aromatic carbocycles. The van der Waals surface area contributed by atoms with Crippen molar-refractivity contribution in [1.29, 1.82) is 0 Å². The Labute approximate surface area is 113 Å². The predicted octanol–water partition coefficient (Wildman–Crippen LogP) is 1.65. The molecule has 2 fully saturated rings. The zero-order valence-corrected chi connectivity index (χ0v) is 12.5. The lowest BCUT2D eigenvalue weighted by Crippen LogP contribution is -2.43. The molecule has 0 amide bonds. The van der Waals surface area contributed by atoms with Gasteiger partial charge < -0.3 is 15.1 Å². The molecule has 0 spiro atoms. The van der Waals surface area contributed by atoms with Gasteiger partial charge in [-0.3, -0.25) is 0 Å². The second-order valence-electron chi connectivity index (χ2n) is 6.58. The van der Waals surface area contributed by atoms with Crippen LogP contribution in [0.2, 0.25) is 0 Å². The van der Waals surface area contributed by atoms with E-state index in [1.807, 2.05) is 0 Å². The summed E-state index contributed by atoms with van der Waals surface area (Å²) in [7, 11) is 4.48. The fourth-order valence-electron chi connectivity index (χ4n) is 3.31. The molecule has 1 atom stereocenters. The van der Waals surface area contributed by atoms with Gasteiger partial charge in [0, 0.05) is 6.04 Å². The fraction of sp³-hybridized carbons (Fsp3) is 1.00. The van der Waals surface area contributed by atoms with Crippen LogP contribution in [-0.2, 0) is 0 Å². The first-order valence-corrected chi connectivity index (χ1v) is 7.75. The Hall–Kier alpha value is -0.120. The topological polar surface area (TPSA) is 18.5 Å². The molecule has 2 heterocycles. The highest BCUT2D eigenvalue weighted by atomic mass is 15.1. The highest BCUT2D eigenvalue weighted by Gasteiger charge is 2.23. The van der Waals surface area contributed by atoms with Crippen LogP contribution in [0.3, 0.4) is 0 Å². The average molecular weight is 253 g/mol. The Bertz CT molecular complexity index is 228. The van der Waals surface area contributed by atoms with Gasteiger partial charge in [-0.2, -0.15) is 0 Å². The third kappa shape index (κ3) is 4.22. The maximum Gasteiger partial charge on any atom is 0.00680 e. The molecule has 0 aromatic heterocycles. The van der Waals surface area contributed by atoms with Gasteiger partial charge in [0.05, 0.1) is 0 Å². The largest absolute Gasteiger partial charge is 0.314 e. The van der Waals surface area contributed by atoms with Crippen molar-refractivity contribution in [3.05, 3.63) is 0 Å². The van der Waals surface area contributed by atoms with Crippen LogP contribution in [0.5, 0.6) is 0 Å². The molecule has 0 saturated carbocycles. The van der Waals surface area contributed by atoms with E-state index in [0.29, 0.717) is 6.04 Å². The molecule has 2 aliphatic heterocycles. The van der Waals surface area contributed by atoms with E-state index in [1.54, 1.807) is 0 Å². The van der Waals surface area contributed by atoms with Gasteiger partial charge in [0.2, 0.25) is 0 Å². The van der Waals surface area contributed by atoms with Gasteiger partial charge in [-0.05, 0) is 91.3 Å². The quantitative estimate of drug-likeness (QED) is 0.822. The number of nitrogens with zero attached hydrogens (tertiary/aromatic N) is 2. The molecule has 2 saturated heterocycles. The Morgan fingerprint density at radius 1 is 0.944 bits per heavy atom. The van der Waals surface area contributed by atoms with Gasteiger partial charge in [-0.25, -0.2) is 0 Å². The summed E-state index contributed by atoms with van der Waals surface area (Å²) in [6.45, 7) is 8.77. The maximum atomic E-state index is 3.81. The molecule has 0 radical (unpaired) electrons. The minimum Gasteiger partial charge on any atom is -0.314 e. The van der Waals surface area contributed by atoms with Gasteiger partial charge >= 0.3 is 0 Å². The van der Waals surface area contributed by atoms with Gasteiger partial charge in [-0.1, -0.05) is 0 Å². The van der Waals surface area contributed by atoms with Crippen molar-refractivity contribution in [2.75, 3.05) is 46.8 Å². The molecule has 0 aliphatic carbocycles. The molecule has 18 heavy (non-hydrogen) atoms. The van der Waals surface area contributed by atoms with Crippen LogP contribution in [0.15, 0.2) is 0 Å². The number of nitrogens with one attached hydrogen (secondary N) is 1. The normalized spacial score (nSPS) is 27.5. The van der Waals surface area contributed by atoms with Crippen molar-refractivity contribution in [1.82, 2.24) is 15.1 Å². The van der Waals surface area contributed by atoms with Crippen LogP contribution in [0.1, 0.15) is 32.6 Å². The van der Waals surface area contributed by atoms with Crippen LogP contribution in [0.25, 0.3) is 0 Å². The number of hydrogen-bond acceptors (Lipinski definition) is 3. The van der Waals surface area contributed by atoms with E-state index in [9.17, 15) is 0 Å². The Kier molecular flexibility index (Phi) is 5.46. The SMILES string of the molecule is CC(NCC1CCN(C)CC1)C1CCN(C)CC1. The minimum absolute atomic E-state index is 0.707. The van der Waals surface area contributed by atoms with E-state index in [4.69, 9.17) is 0 Å². The van der Waals surface area contributed by atoms with Gasteiger partial charge in [0.1, 0.15) is 0 Å². The molecule has 1 unspecified atom stereocenters. The molecule has 0 aromatic rings. The van der Waals surface area contributed by atoms with Crippen molar-refractivity contribution in [2.24, 2.45) is 11.8 Å². The molecular formula is C15H31N3. The Balaban J connectivity index is 1.63. The van der Waals surface area contributed by atoms with Crippen molar-refractivity contribution in [3.63, 3.8) is 0 Å². The van der Waals surface area contributed by atoms with Crippen LogP contribution in [-0.4, -0.2) is 62.7 Å². The zero-order valence-electron chi connectivity index (χ0n) is 12.5. The lowest BCUT2D eigenvalue weighted by molar-refractivity contribution is 0.176. The van der Waals surface area contributed by atoms with E-state index in [1.165, 1.54) is 58.4 Å².